The molecule has 1 N–H and O–H groups in total. The summed E-state index contributed by atoms with van der Waals surface area (Å²) < 4.78 is 37.7. The summed E-state index contributed by atoms with van der Waals surface area (Å²) in [4.78, 5) is 45.0. The normalized spacial score (nSPS) is 19.4. The van der Waals surface area contributed by atoms with Gasteiger partial charge >= 0.3 is 11.5 Å². The second kappa shape index (κ2) is 10.3. The van der Waals surface area contributed by atoms with Crippen LogP contribution in [-0.2, 0) is 16.1 Å². The topological polar surface area (TPSA) is 82.6 Å². The molecular formula is C24H25F3N4O3S. The fraction of sp³-hybridized carbons (Fsp3) is 0.417. The Labute approximate surface area is 205 Å². The zero-order valence-electron chi connectivity index (χ0n) is 19.0. The van der Waals surface area contributed by atoms with Crippen molar-refractivity contribution in [3.05, 3.63) is 48.2 Å². The van der Waals surface area contributed by atoms with Gasteiger partial charge in [0.2, 0.25) is 5.91 Å². The number of amides is 4. The Morgan fingerprint density at radius 3 is 2.46 bits per heavy atom. The molecule has 4 amide bonds. The van der Waals surface area contributed by atoms with E-state index in [4.69, 9.17) is 0 Å². The highest BCUT2D eigenvalue weighted by molar-refractivity contribution is 8.00. The van der Waals surface area contributed by atoms with Crippen molar-refractivity contribution in [1.29, 1.82) is 0 Å². The molecule has 2 fully saturated rings. The lowest BCUT2D eigenvalue weighted by Crippen LogP contribution is -2.33. The van der Waals surface area contributed by atoms with E-state index < -0.39 is 23.5 Å². The summed E-state index contributed by atoms with van der Waals surface area (Å²) in [6, 6.07) is 7.15. The average Bonchev–Trinajstić information content (AvgIpc) is 3.02. The third-order valence-electron chi connectivity index (χ3n) is 6.22. The number of rotatable bonds is 6. The van der Waals surface area contributed by atoms with Crippen molar-refractivity contribution in [1.82, 2.24) is 9.88 Å². The van der Waals surface area contributed by atoms with E-state index in [0.29, 0.717) is 11.4 Å². The summed E-state index contributed by atoms with van der Waals surface area (Å²) >= 11 is -0.264. The number of pyridine rings is 1. The Hall–Kier alpha value is -3.08. The fourth-order valence-corrected chi connectivity index (χ4v) is 4.92. The Morgan fingerprint density at radius 1 is 1.11 bits per heavy atom. The van der Waals surface area contributed by atoms with Gasteiger partial charge < -0.3 is 10.2 Å². The Morgan fingerprint density at radius 2 is 1.80 bits per heavy atom. The molecule has 2 aromatic rings. The summed E-state index contributed by atoms with van der Waals surface area (Å²) in [6.45, 7) is 1.71. The Balaban J connectivity index is 1.44. The quantitative estimate of drug-likeness (QED) is 0.409. The molecule has 0 bridgehead atoms. The van der Waals surface area contributed by atoms with Gasteiger partial charge in [-0.1, -0.05) is 19.3 Å². The predicted molar refractivity (Wildman–Crippen MR) is 126 cm³/mol. The molecule has 0 spiro atoms. The van der Waals surface area contributed by atoms with E-state index >= 15 is 0 Å². The lowest BCUT2D eigenvalue weighted by Gasteiger charge is -2.21. The first-order valence-corrected chi connectivity index (χ1v) is 12.2. The molecule has 2 heterocycles. The molecule has 2 aliphatic rings. The summed E-state index contributed by atoms with van der Waals surface area (Å²) in [5, 5.41) is 2.85. The van der Waals surface area contributed by atoms with Gasteiger partial charge in [-0.05, 0) is 73.5 Å². The van der Waals surface area contributed by atoms with Crippen molar-refractivity contribution in [2.75, 3.05) is 10.2 Å². The molecule has 7 nitrogen and oxygen atoms in total. The van der Waals surface area contributed by atoms with Gasteiger partial charge in [0.1, 0.15) is 11.9 Å². The van der Waals surface area contributed by atoms with Crippen molar-refractivity contribution in [3.63, 3.8) is 0 Å². The highest BCUT2D eigenvalue weighted by atomic mass is 32.2. The first-order chi connectivity index (χ1) is 16.6. The number of nitrogens with one attached hydrogen (secondary N) is 1. The number of carbonyl (C=O) groups excluding carboxylic acids is 3. The molecule has 11 heteroatoms. The van der Waals surface area contributed by atoms with Gasteiger partial charge in [-0.15, -0.1) is 0 Å². The maximum Gasteiger partial charge on any atom is 0.446 e. The van der Waals surface area contributed by atoms with Gasteiger partial charge in [-0.3, -0.25) is 9.59 Å². The highest BCUT2D eigenvalue weighted by Gasteiger charge is 2.43. The second-order valence-corrected chi connectivity index (χ2v) is 9.81. The lowest BCUT2D eigenvalue weighted by molar-refractivity contribution is -0.121. The minimum absolute atomic E-state index is 0.0264. The second-order valence-electron chi connectivity index (χ2n) is 8.68. The van der Waals surface area contributed by atoms with Crippen molar-refractivity contribution in [3.8, 4) is 0 Å². The number of imide groups is 1. The van der Waals surface area contributed by atoms with Crippen LogP contribution in [0.4, 0.5) is 29.5 Å². The zero-order valence-corrected chi connectivity index (χ0v) is 19.9. The third-order valence-corrected chi connectivity index (χ3v) is 6.95. The van der Waals surface area contributed by atoms with Crippen molar-refractivity contribution >= 4 is 41.1 Å². The standard InChI is InChI=1S/C24H25F3N4O3S/c1-15-22(33)31(18-7-9-19(10-8-18)35-24(25,26)27)23(34)30(15)14-16-11-12-28-20(13-16)29-21(32)17-5-3-2-4-6-17/h7-13,15,17H,2-6,14H2,1H3,(H,28,29,32). The number of hydrogen-bond donors (Lipinski definition) is 1. The number of anilines is 2. The predicted octanol–water partition coefficient (Wildman–Crippen LogP) is 5.57. The van der Waals surface area contributed by atoms with Gasteiger partial charge in [0.05, 0.1) is 5.69 Å². The number of alkyl halides is 3. The van der Waals surface area contributed by atoms with Gasteiger partial charge in [-0.25, -0.2) is 14.7 Å². The number of carbonyl (C=O) groups is 3. The van der Waals surface area contributed by atoms with Crippen LogP contribution in [0.1, 0.15) is 44.6 Å². The van der Waals surface area contributed by atoms with Gasteiger partial charge in [-0.2, -0.15) is 13.2 Å². The van der Waals surface area contributed by atoms with Gasteiger partial charge in [0, 0.05) is 23.6 Å². The summed E-state index contributed by atoms with van der Waals surface area (Å²) in [5.74, 6) is -0.167. The molecule has 1 saturated carbocycles. The van der Waals surface area contributed by atoms with Crippen LogP contribution in [0.25, 0.3) is 0 Å². The molecule has 0 radical (unpaired) electrons. The van der Waals surface area contributed by atoms with Crippen LogP contribution in [-0.4, -0.2) is 39.3 Å². The summed E-state index contributed by atoms with van der Waals surface area (Å²) in [6.07, 6.45) is 6.47. The first kappa shape index (κ1) is 25.0. The smallest absolute Gasteiger partial charge is 0.310 e. The zero-order chi connectivity index (χ0) is 25.2. The highest BCUT2D eigenvalue weighted by Crippen LogP contribution is 2.38. The number of aromatic nitrogens is 1. The average molecular weight is 507 g/mol. The number of benzene rings is 1. The number of thioether (sulfide) groups is 1. The van der Waals surface area contributed by atoms with E-state index in [9.17, 15) is 27.6 Å². The molecule has 1 aliphatic carbocycles. The molecule has 1 aliphatic heterocycles. The van der Waals surface area contributed by atoms with Gasteiger partial charge in [0.15, 0.2) is 0 Å². The minimum atomic E-state index is -4.43. The van der Waals surface area contributed by atoms with Crippen LogP contribution in [0.5, 0.6) is 0 Å². The summed E-state index contributed by atoms with van der Waals surface area (Å²) in [5.41, 5.74) is -3.53. The largest absolute Gasteiger partial charge is 0.446 e. The maximum atomic E-state index is 13.1. The van der Waals surface area contributed by atoms with Crippen LogP contribution >= 0.6 is 11.8 Å². The Kier molecular flexibility index (Phi) is 7.34. The maximum absolute atomic E-state index is 13.1. The van der Waals surface area contributed by atoms with E-state index in [1.54, 1.807) is 19.1 Å². The molecule has 1 saturated heterocycles. The van der Waals surface area contributed by atoms with Crippen LogP contribution in [0.3, 0.4) is 0 Å². The summed E-state index contributed by atoms with van der Waals surface area (Å²) in [7, 11) is 0. The Bertz CT molecular complexity index is 1100. The van der Waals surface area contributed by atoms with E-state index in [0.717, 1.165) is 37.0 Å². The van der Waals surface area contributed by atoms with Crippen molar-refractivity contribution in [2.24, 2.45) is 5.92 Å². The van der Waals surface area contributed by atoms with E-state index in [-0.39, 0.29) is 40.7 Å². The fourth-order valence-electron chi connectivity index (χ4n) is 4.38. The van der Waals surface area contributed by atoms with Crippen LogP contribution < -0.4 is 10.2 Å². The number of hydrogen-bond acceptors (Lipinski definition) is 5. The van der Waals surface area contributed by atoms with Crippen LogP contribution in [0, 0.1) is 5.92 Å². The van der Waals surface area contributed by atoms with E-state index in [1.165, 1.54) is 35.4 Å². The monoisotopic (exact) mass is 506 g/mol. The van der Waals surface area contributed by atoms with Crippen LogP contribution in [0.2, 0.25) is 0 Å². The van der Waals surface area contributed by atoms with Gasteiger partial charge in [0.25, 0.3) is 5.91 Å². The van der Waals surface area contributed by atoms with E-state index in [2.05, 4.69) is 10.3 Å². The molecule has 1 atom stereocenters. The van der Waals surface area contributed by atoms with Crippen molar-refractivity contribution in [2.45, 2.75) is 62.0 Å². The molecule has 1 aromatic heterocycles. The number of halogens is 3. The third kappa shape index (κ3) is 5.95. The number of urea groups is 1. The first-order valence-electron chi connectivity index (χ1n) is 11.4. The number of nitrogens with zero attached hydrogens (tertiary/aromatic N) is 3. The van der Waals surface area contributed by atoms with Crippen LogP contribution in [0.15, 0.2) is 47.5 Å². The molecular weight excluding hydrogens is 481 g/mol. The van der Waals surface area contributed by atoms with Crippen molar-refractivity contribution < 1.29 is 27.6 Å². The molecule has 35 heavy (non-hydrogen) atoms. The molecule has 4 rings (SSSR count). The van der Waals surface area contributed by atoms with E-state index in [1.807, 2.05) is 0 Å². The minimum Gasteiger partial charge on any atom is -0.310 e. The SMILES string of the molecule is CC1C(=O)N(c2ccc(SC(F)(F)F)cc2)C(=O)N1Cc1ccnc(NC(=O)C2CCCCC2)c1. The lowest BCUT2D eigenvalue weighted by atomic mass is 9.89. The molecule has 1 unspecified atom stereocenters. The molecule has 1 aromatic carbocycles. The molecule has 186 valence electrons.